The number of likely N-dealkylation sites (tertiary alicyclic amines) is 1. The van der Waals surface area contributed by atoms with E-state index in [1.54, 1.807) is 0 Å². The molecule has 2 N–H and O–H groups in total. The smallest absolute Gasteiger partial charge is 0.328 e. The van der Waals surface area contributed by atoms with Gasteiger partial charge in [-0.1, -0.05) is 0 Å². The molecule has 0 aliphatic carbocycles. The van der Waals surface area contributed by atoms with E-state index in [0.717, 1.165) is 25.9 Å². The Morgan fingerprint density at radius 1 is 1.24 bits per heavy atom. The van der Waals surface area contributed by atoms with Gasteiger partial charge in [0, 0.05) is 19.1 Å². The molecule has 1 aliphatic heterocycles. The molecule has 1 saturated heterocycles. The van der Waals surface area contributed by atoms with Gasteiger partial charge in [0.2, 0.25) is 0 Å². The standard InChI is InChI=1S/C10H23N2O3P.ClH/c1-3-14-16(13,15-4-2)9-12-7-5-10(11)6-8-12;/h10H,3-9,11H2,1-2H3;1H. The molecule has 104 valence electrons. The van der Waals surface area contributed by atoms with Gasteiger partial charge in [-0.2, -0.15) is 0 Å². The number of halogens is 1. The molecule has 0 aromatic carbocycles. The van der Waals surface area contributed by atoms with Crippen LogP contribution >= 0.6 is 20.0 Å². The van der Waals surface area contributed by atoms with Crippen LogP contribution in [0.15, 0.2) is 0 Å². The predicted octanol–water partition coefficient (Wildman–Crippen LogP) is 2.05. The summed E-state index contributed by atoms with van der Waals surface area (Å²) in [5, 5.41) is 0. The van der Waals surface area contributed by atoms with Crippen LogP contribution < -0.4 is 5.73 Å². The summed E-state index contributed by atoms with van der Waals surface area (Å²) in [7, 11) is -2.92. The highest BCUT2D eigenvalue weighted by atomic mass is 35.5. The SMILES string of the molecule is CCOP(=O)(CN1CCC(N)CC1)OCC.Cl. The van der Waals surface area contributed by atoms with E-state index in [0.29, 0.717) is 19.5 Å². The topological polar surface area (TPSA) is 64.8 Å². The zero-order valence-corrected chi connectivity index (χ0v) is 12.3. The first-order chi connectivity index (χ1) is 7.59. The number of nitrogens with zero attached hydrogens (tertiary/aromatic N) is 1. The Labute approximate surface area is 110 Å². The first kappa shape index (κ1) is 17.4. The lowest BCUT2D eigenvalue weighted by molar-refractivity contribution is 0.180. The van der Waals surface area contributed by atoms with Crippen molar-refractivity contribution in [2.75, 3.05) is 32.6 Å². The zero-order valence-electron chi connectivity index (χ0n) is 10.6. The van der Waals surface area contributed by atoms with Gasteiger partial charge in [-0.15, -0.1) is 12.4 Å². The molecule has 1 aliphatic rings. The molecule has 0 bridgehead atoms. The van der Waals surface area contributed by atoms with E-state index in [1.165, 1.54) is 0 Å². The van der Waals surface area contributed by atoms with Crippen LogP contribution in [0, 0.1) is 0 Å². The minimum absolute atomic E-state index is 0. The largest absolute Gasteiger partial charge is 0.344 e. The first-order valence-corrected chi connectivity index (χ1v) is 7.68. The summed E-state index contributed by atoms with van der Waals surface area (Å²) in [6, 6.07) is 0.287. The van der Waals surface area contributed by atoms with Crippen molar-refractivity contribution in [2.24, 2.45) is 5.73 Å². The van der Waals surface area contributed by atoms with Crippen LogP contribution in [-0.2, 0) is 13.6 Å². The monoisotopic (exact) mass is 286 g/mol. The van der Waals surface area contributed by atoms with Crippen LogP contribution in [0.2, 0.25) is 0 Å². The molecule has 1 rings (SSSR count). The van der Waals surface area contributed by atoms with E-state index in [2.05, 4.69) is 4.90 Å². The Hall–Kier alpha value is 0.360. The molecule has 1 fully saturated rings. The quantitative estimate of drug-likeness (QED) is 0.757. The normalized spacial score (nSPS) is 19.0. The zero-order chi connectivity index (χ0) is 12.0. The van der Waals surface area contributed by atoms with Crippen LogP contribution in [0.25, 0.3) is 0 Å². The highest BCUT2D eigenvalue weighted by Crippen LogP contribution is 2.48. The predicted molar refractivity (Wildman–Crippen MR) is 71.8 cm³/mol. The molecule has 0 aromatic heterocycles. The lowest BCUT2D eigenvalue weighted by atomic mass is 10.1. The molecule has 0 unspecified atom stereocenters. The maximum Gasteiger partial charge on any atom is 0.344 e. The molecule has 0 amide bonds. The molecule has 0 aromatic rings. The summed E-state index contributed by atoms with van der Waals surface area (Å²) in [5.41, 5.74) is 5.82. The molecule has 7 heteroatoms. The molecule has 5 nitrogen and oxygen atoms in total. The van der Waals surface area contributed by atoms with Gasteiger partial charge in [0.05, 0.1) is 13.2 Å². The van der Waals surface area contributed by atoms with Crippen LogP contribution in [0.1, 0.15) is 26.7 Å². The summed E-state index contributed by atoms with van der Waals surface area (Å²) in [6.07, 6.45) is 2.30. The maximum atomic E-state index is 12.2. The minimum atomic E-state index is -2.92. The van der Waals surface area contributed by atoms with Crippen LogP contribution in [0.3, 0.4) is 0 Å². The number of piperidine rings is 1. The fourth-order valence-electron chi connectivity index (χ4n) is 1.85. The fourth-order valence-corrected chi connectivity index (χ4v) is 3.65. The number of nitrogens with two attached hydrogens (primary N) is 1. The van der Waals surface area contributed by atoms with Crippen LogP contribution in [0.4, 0.5) is 0 Å². The van der Waals surface area contributed by atoms with Crippen molar-refractivity contribution >= 4 is 20.0 Å². The fraction of sp³-hybridized carbons (Fsp3) is 1.00. The highest BCUT2D eigenvalue weighted by molar-refractivity contribution is 7.53. The van der Waals surface area contributed by atoms with Gasteiger partial charge in [-0.25, -0.2) is 0 Å². The summed E-state index contributed by atoms with van der Waals surface area (Å²) < 4.78 is 22.8. The molecular formula is C10H24ClN2O3P. The third-order valence-electron chi connectivity index (χ3n) is 2.66. The van der Waals surface area contributed by atoms with Gasteiger partial charge in [0.25, 0.3) is 0 Å². The second-order valence-electron chi connectivity index (χ2n) is 4.04. The molecule has 0 atom stereocenters. The number of hydrogen-bond acceptors (Lipinski definition) is 5. The average Bonchev–Trinajstić information content (AvgIpc) is 2.22. The number of hydrogen-bond donors (Lipinski definition) is 1. The Balaban J connectivity index is 0.00000256. The summed E-state index contributed by atoms with van der Waals surface area (Å²) >= 11 is 0. The van der Waals surface area contributed by atoms with Gasteiger partial charge in [0.15, 0.2) is 0 Å². The van der Waals surface area contributed by atoms with E-state index in [-0.39, 0.29) is 18.4 Å². The van der Waals surface area contributed by atoms with E-state index in [4.69, 9.17) is 14.8 Å². The van der Waals surface area contributed by atoms with Crippen LogP contribution in [-0.4, -0.2) is 43.5 Å². The first-order valence-electron chi connectivity index (χ1n) is 5.95. The van der Waals surface area contributed by atoms with Gasteiger partial charge in [0.1, 0.15) is 6.29 Å². The number of rotatable bonds is 6. The summed E-state index contributed by atoms with van der Waals surface area (Å²) in [6.45, 7) is 6.27. The summed E-state index contributed by atoms with van der Waals surface area (Å²) in [5.74, 6) is 0. The Bertz CT molecular complexity index is 238. The highest BCUT2D eigenvalue weighted by Gasteiger charge is 2.28. The van der Waals surface area contributed by atoms with E-state index < -0.39 is 7.60 Å². The average molecular weight is 287 g/mol. The lowest BCUT2D eigenvalue weighted by Gasteiger charge is -2.32. The molecule has 1 heterocycles. The summed E-state index contributed by atoms with van der Waals surface area (Å²) in [4.78, 5) is 2.12. The Kier molecular flexibility index (Phi) is 8.64. The van der Waals surface area contributed by atoms with Crippen molar-refractivity contribution in [2.45, 2.75) is 32.7 Å². The van der Waals surface area contributed by atoms with Crippen molar-refractivity contribution in [3.05, 3.63) is 0 Å². The second-order valence-corrected chi connectivity index (χ2v) is 6.06. The molecule has 0 saturated carbocycles. The van der Waals surface area contributed by atoms with E-state index in [9.17, 15) is 4.57 Å². The van der Waals surface area contributed by atoms with Crippen molar-refractivity contribution in [1.82, 2.24) is 4.90 Å². The minimum Gasteiger partial charge on any atom is -0.328 e. The lowest BCUT2D eigenvalue weighted by Crippen LogP contribution is -2.40. The molecule has 0 radical (unpaired) electrons. The Morgan fingerprint density at radius 3 is 2.12 bits per heavy atom. The van der Waals surface area contributed by atoms with E-state index >= 15 is 0 Å². The van der Waals surface area contributed by atoms with Crippen molar-refractivity contribution in [1.29, 1.82) is 0 Å². The van der Waals surface area contributed by atoms with Gasteiger partial charge in [-0.3, -0.25) is 9.46 Å². The molecular weight excluding hydrogens is 263 g/mol. The third kappa shape index (κ3) is 6.18. The van der Waals surface area contributed by atoms with Gasteiger partial charge < -0.3 is 14.8 Å². The van der Waals surface area contributed by atoms with Crippen molar-refractivity contribution < 1.29 is 13.6 Å². The Morgan fingerprint density at radius 2 is 1.71 bits per heavy atom. The van der Waals surface area contributed by atoms with Gasteiger partial charge in [-0.05, 0) is 26.7 Å². The van der Waals surface area contributed by atoms with E-state index in [1.807, 2.05) is 13.8 Å². The van der Waals surface area contributed by atoms with Crippen molar-refractivity contribution in [3.8, 4) is 0 Å². The molecule has 17 heavy (non-hydrogen) atoms. The van der Waals surface area contributed by atoms with Gasteiger partial charge >= 0.3 is 7.60 Å². The molecule has 0 spiro atoms. The third-order valence-corrected chi connectivity index (χ3v) is 4.71. The van der Waals surface area contributed by atoms with Crippen LogP contribution in [0.5, 0.6) is 0 Å². The maximum absolute atomic E-state index is 12.2. The van der Waals surface area contributed by atoms with Crippen molar-refractivity contribution in [3.63, 3.8) is 0 Å². The second kappa shape index (κ2) is 8.46.